The Balaban J connectivity index is 3.41. The molecule has 21 heavy (non-hydrogen) atoms. The smallest absolute Gasteiger partial charge is 0.245 e. The Morgan fingerprint density at radius 3 is 2.14 bits per heavy atom. The summed E-state index contributed by atoms with van der Waals surface area (Å²) in [5.41, 5.74) is 2.61. The van der Waals surface area contributed by atoms with Crippen LogP contribution in [0.1, 0.15) is 24.5 Å². The van der Waals surface area contributed by atoms with E-state index in [2.05, 4.69) is 0 Å². The van der Waals surface area contributed by atoms with Crippen LogP contribution in [0, 0.1) is 13.8 Å². The first-order valence-corrected chi connectivity index (χ1v) is 8.72. The molecule has 0 radical (unpaired) electrons. The Hall–Kier alpha value is -1.56. The van der Waals surface area contributed by atoms with E-state index >= 15 is 0 Å². The number of rotatable bonds is 5. The standard InChI is InChI=1S/C15H24N2O3S/c1-7-14(15(18)16(4)5)17(21(6,19)20)13-9-8-11(2)12(3)10-13/h8-10,14H,7H2,1-6H3. The molecule has 1 rings (SSSR count). The van der Waals surface area contributed by atoms with Gasteiger partial charge in [0.15, 0.2) is 0 Å². The van der Waals surface area contributed by atoms with Crippen molar-refractivity contribution in [1.82, 2.24) is 4.90 Å². The van der Waals surface area contributed by atoms with Crippen molar-refractivity contribution in [3.8, 4) is 0 Å². The number of hydrogen-bond acceptors (Lipinski definition) is 3. The highest BCUT2D eigenvalue weighted by molar-refractivity contribution is 7.92. The van der Waals surface area contributed by atoms with E-state index in [1.807, 2.05) is 32.9 Å². The number of benzene rings is 1. The second-order valence-electron chi connectivity index (χ2n) is 5.48. The van der Waals surface area contributed by atoms with Gasteiger partial charge in [-0.25, -0.2) is 8.42 Å². The van der Waals surface area contributed by atoms with Gasteiger partial charge in [-0.15, -0.1) is 0 Å². The summed E-state index contributed by atoms with van der Waals surface area (Å²) in [5.74, 6) is -0.221. The third-order valence-electron chi connectivity index (χ3n) is 3.50. The summed E-state index contributed by atoms with van der Waals surface area (Å²) in [7, 11) is -0.290. The number of likely N-dealkylation sites (N-methyl/N-ethyl adjacent to an activating group) is 1. The van der Waals surface area contributed by atoms with Crippen LogP contribution in [0.5, 0.6) is 0 Å². The lowest BCUT2D eigenvalue weighted by Crippen LogP contribution is -2.48. The number of nitrogens with zero attached hydrogens (tertiary/aromatic N) is 2. The summed E-state index contributed by atoms with van der Waals surface area (Å²) in [6, 6.07) is 4.70. The molecule has 6 heteroatoms. The lowest BCUT2D eigenvalue weighted by atomic mass is 10.1. The van der Waals surface area contributed by atoms with Gasteiger partial charge in [-0.3, -0.25) is 9.10 Å². The molecule has 0 saturated carbocycles. The monoisotopic (exact) mass is 312 g/mol. The average molecular weight is 312 g/mol. The number of carbonyl (C=O) groups excluding carboxylic acids is 1. The molecule has 118 valence electrons. The van der Waals surface area contributed by atoms with E-state index in [1.54, 1.807) is 20.2 Å². The summed E-state index contributed by atoms with van der Waals surface area (Å²) in [5, 5.41) is 0. The molecule has 5 nitrogen and oxygen atoms in total. The van der Waals surface area contributed by atoms with Gasteiger partial charge in [0, 0.05) is 14.1 Å². The summed E-state index contributed by atoms with van der Waals surface area (Å²) in [6.45, 7) is 5.70. The Morgan fingerprint density at radius 1 is 1.19 bits per heavy atom. The fourth-order valence-corrected chi connectivity index (χ4v) is 3.40. The second kappa shape index (κ2) is 6.47. The number of anilines is 1. The maximum Gasteiger partial charge on any atom is 0.245 e. The van der Waals surface area contributed by atoms with E-state index in [4.69, 9.17) is 0 Å². The molecule has 1 unspecified atom stereocenters. The Bertz CT molecular complexity index is 624. The van der Waals surface area contributed by atoms with Gasteiger partial charge < -0.3 is 4.90 Å². The molecule has 1 amide bonds. The van der Waals surface area contributed by atoms with Crippen molar-refractivity contribution in [3.05, 3.63) is 29.3 Å². The molecule has 0 aliphatic rings. The zero-order valence-electron chi connectivity index (χ0n) is 13.5. The van der Waals surface area contributed by atoms with Crippen molar-refractivity contribution in [3.63, 3.8) is 0 Å². The van der Waals surface area contributed by atoms with Crippen molar-refractivity contribution < 1.29 is 13.2 Å². The van der Waals surface area contributed by atoms with Crippen molar-refractivity contribution in [2.45, 2.75) is 33.2 Å². The van der Waals surface area contributed by atoms with E-state index in [1.165, 1.54) is 9.21 Å². The largest absolute Gasteiger partial charge is 0.347 e. The number of sulfonamides is 1. The van der Waals surface area contributed by atoms with Crippen LogP contribution >= 0.6 is 0 Å². The van der Waals surface area contributed by atoms with Crippen LogP contribution in [0.4, 0.5) is 5.69 Å². The molecule has 0 bridgehead atoms. The predicted molar refractivity (Wildman–Crippen MR) is 86.0 cm³/mol. The maximum absolute atomic E-state index is 12.3. The van der Waals surface area contributed by atoms with Crippen molar-refractivity contribution in [2.24, 2.45) is 0 Å². The van der Waals surface area contributed by atoms with Gasteiger partial charge in [-0.2, -0.15) is 0 Å². The van der Waals surface area contributed by atoms with E-state index in [0.717, 1.165) is 17.4 Å². The van der Waals surface area contributed by atoms with Crippen LogP contribution in [-0.2, 0) is 14.8 Å². The molecular formula is C15H24N2O3S. The van der Waals surface area contributed by atoms with Crippen LogP contribution in [0.3, 0.4) is 0 Å². The first kappa shape index (κ1) is 17.5. The highest BCUT2D eigenvalue weighted by Crippen LogP contribution is 2.25. The molecule has 0 spiro atoms. The SMILES string of the molecule is CCC(C(=O)N(C)C)N(c1ccc(C)c(C)c1)S(C)(=O)=O. The first-order chi connectivity index (χ1) is 9.59. The molecule has 0 aliphatic carbocycles. The molecule has 0 N–H and O–H groups in total. The van der Waals surface area contributed by atoms with Crippen LogP contribution in [0.25, 0.3) is 0 Å². The van der Waals surface area contributed by atoms with Crippen LogP contribution < -0.4 is 4.31 Å². The second-order valence-corrected chi connectivity index (χ2v) is 7.34. The number of aryl methyl sites for hydroxylation is 2. The highest BCUT2D eigenvalue weighted by atomic mass is 32.2. The van der Waals surface area contributed by atoms with Crippen LogP contribution in [0.15, 0.2) is 18.2 Å². The van der Waals surface area contributed by atoms with E-state index in [0.29, 0.717) is 12.1 Å². The molecule has 0 aromatic heterocycles. The molecule has 0 saturated heterocycles. The number of amides is 1. The van der Waals surface area contributed by atoms with Gasteiger partial charge in [0.05, 0.1) is 11.9 Å². The summed E-state index contributed by atoms with van der Waals surface area (Å²) in [4.78, 5) is 13.7. The molecule has 1 aromatic carbocycles. The fourth-order valence-electron chi connectivity index (χ4n) is 2.20. The molecule has 0 fully saturated rings. The van der Waals surface area contributed by atoms with Gasteiger partial charge in [0.1, 0.15) is 6.04 Å². The minimum atomic E-state index is -3.55. The predicted octanol–water partition coefficient (Wildman–Crippen LogP) is 1.94. The van der Waals surface area contributed by atoms with E-state index in [-0.39, 0.29) is 5.91 Å². The van der Waals surface area contributed by atoms with Gasteiger partial charge in [-0.1, -0.05) is 13.0 Å². The molecule has 1 atom stereocenters. The zero-order valence-corrected chi connectivity index (χ0v) is 14.4. The minimum Gasteiger partial charge on any atom is -0.347 e. The number of hydrogen-bond donors (Lipinski definition) is 0. The van der Waals surface area contributed by atoms with Crippen LogP contribution in [-0.4, -0.2) is 45.6 Å². The Labute approximate surface area is 127 Å². The molecule has 0 heterocycles. The molecule has 1 aromatic rings. The zero-order chi connectivity index (χ0) is 16.4. The van der Waals surface area contributed by atoms with E-state index < -0.39 is 16.1 Å². The van der Waals surface area contributed by atoms with E-state index in [9.17, 15) is 13.2 Å². The third-order valence-corrected chi connectivity index (χ3v) is 4.68. The summed E-state index contributed by atoms with van der Waals surface area (Å²) < 4.78 is 25.6. The van der Waals surface area contributed by atoms with Gasteiger partial charge in [-0.05, 0) is 43.5 Å². The molecular weight excluding hydrogens is 288 g/mol. The fraction of sp³-hybridized carbons (Fsp3) is 0.533. The van der Waals surface area contributed by atoms with Crippen molar-refractivity contribution in [1.29, 1.82) is 0 Å². The van der Waals surface area contributed by atoms with Crippen molar-refractivity contribution in [2.75, 3.05) is 24.7 Å². The Morgan fingerprint density at radius 2 is 1.76 bits per heavy atom. The normalized spacial score (nSPS) is 12.9. The lowest BCUT2D eigenvalue weighted by Gasteiger charge is -2.32. The number of carbonyl (C=O) groups is 1. The lowest BCUT2D eigenvalue weighted by molar-refractivity contribution is -0.129. The molecule has 0 aliphatic heterocycles. The maximum atomic E-state index is 12.3. The summed E-state index contributed by atoms with van der Waals surface area (Å²) in [6.07, 6.45) is 1.55. The summed E-state index contributed by atoms with van der Waals surface area (Å²) >= 11 is 0. The highest BCUT2D eigenvalue weighted by Gasteiger charge is 2.32. The Kier molecular flexibility index (Phi) is 5.39. The first-order valence-electron chi connectivity index (χ1n) is 6.87. The van der Waals surface area contributed by atoms with Gasteiger partial charge in [0.2, 0.25) is 15.9 Å². The topological polar surface area (TPSA) is 57.7 Å². The van der Waals surface area contributed by atoms with Crippen LogP contribution in [0.2, 0.25) is 0 Å². The average Bonchev–Trinajstić information content (AvgIpc) is 2.37. The third kappa shape index (κ3) is 3.97. The quantitative estimate of drug-likeness (QED) is 0.835. The minimum absolute atomic E-state index is 0.221. The van der Waals surface area contributed by atoms with Gasteiger partial charge in [0.25, 0.3) is 0 Å². The van der Waals surface area contributed by atoms with Crippen molar-refractivity contribution >= 4 is 21.6 Å². The van der Waals surface area contributed by atoms with Gasteiger partial charge >= 0.3 is 0 Å².